The summed E-state index contributed by atoms with van der Waals surface area (Å²) in [7, 11) is 1.85. The highest BCUT2D eigenvalue weighted by Crippen LogP contribution is 2.40. The third-order valence-corrected chi connectivity index (χ3v) is 7.66. The van der Waals surface area contributed by atoms with Crippen LogP contribution < -0.4 is 15.1 Å². The predicted molar refractivity (Wildman–Crippen MR) is 138 cm³/mol. The van der Waals surface area contributed by atoms with Crippen molar-refractivity contribution in [2.45, 2.75) is 71.4 Å². The molecule has 3 heterocycles. The fourth-order valence-corrected chi connectivity index (χ4v) is 5.72. The molecule has 182 valence electrons. The molecule has 7 nitrogen and oxygen atoms in total. The average molecular weight is 463 g/mol. The second-order valence-corrected chi connectivity index (χ2v) is 10.9. The number of aromatic nitrogens is 2. The third kappa shape index (κ3) is 4.76. The van der Waals surface area contributed by atoms with E-state index >= 15 is 0 Å². The number of fused-ring (bicyclic) bond motifs is 1. The minimum Gasteiger partial charge on any atom is -0.351 e. The molecule has 34 heavy (non-hydrogen) atoms. The number of carbonyl (C=O) groups excluding carboxylic acids is 1. The number of piperidine rings is 1. The maximum atomic E-state index is 13.2. The average Bonchev–Trinajstić information content (AvgIpc) is 3.36. The van der Waals surface area contributed by atoms with Gasteiger partial charge in [0.15, 0.2) is 5.82 Å². The molecule has 1 saturated carbocycles. The summed E-state index contributed by atoms with van der Waals surface area (Å²) >= 11 is 0. The molecule has 0 atom stereocenters. The lowest BCUT2D eigenvalue weighted by Gasteiger charge is -2.34. The summed E-state index contributed by atoms with van der Waals surface area (Å²) in [5, 5.41) is 3.40. The molecule has 0 bridgehead atoms. The molecule has 7 heteroatoms. The van der Waals surface area contributed by atoms with Crippen molar-refractivity contribution in [2.75, 3.05) is 41.8 Å². The van der Waals surface area contributed by atoms with Crippen LogP contribution in [-0.2, 0) is 11.3 Å². The van der Waals surface area contributed by atoms with E-state index in [1.54, 1.807) is 11.1 Å². The van der Waals surface area contributed by atoms with Gasteiger partial charge in [-0.15, -0.1) is 0 Å². The van der Waals surface area contributed by atoms with Gasteiger partial charge in [0.05, 0.1) is 11.6 Å². The number of benzene rings is 1. The van der Waals surface area contributed by atoms with Crippen LogP contribution in [0.3, 0.4) is 0 Å². The largest absolute Gasteiger partial charge is 0.351 e. The summed E-state index contributed by atoms with van der Waals surface area (Å²) in [4.78, 5) is 29.4. The van der Waals surface area contributed by atoms with Gasteiger partial charge < -0.3 is 15.1 Å². The van der Waals surface area contributed by atoms with Crippen molar-refractivity contribution in [3.63, 3.8) is 0 Å². The molecular weight excluding hydrogens is 424 g/mol. The van der Waals surface area contributed by atoms with Crippen molar-refractivity contribution in [1.82, 2.24) is 14.9 Å². The zero-order valence-electron chi connectivity index (χ0n) is 20.9. The van der Waals surface area contributed by atoms with E-state index in [4.69, 9.17) is 4.98 Å². The lowest BCUT2D eigenvalue weighted by Crippen LogP contribution is -2.45. The van der Waals surface area contributed by atoms with Gasteiger partial charge in [0.25, 0.3) is 0 Å². The fraction of sp³-hybridized carbons (Fsp3) is 0.593. The van der Waals surface area contributed by atoms with Crippen LogP contribution in [0.25, 0.3) is 0 Å². The molecule has 1 amide bonds. The molecule has 1 saturated heterocycles. The van der Waals surface area contributed by atoms with Gasteiger partial charge in [-0.25, -0.2) is 4.98 Å². The third-order valence-electron chi connectivity index (χ3n) is 7.66. The van der Waals surface area contributed by atoms with Crippen LogP contribution in [0.2, 0.25) is 0 Å². The number of hydrogen-bond acceptors (Lipinski definition) is 6. The molecule has 0 radical (unpaired) electrons. The van der Waals surface area contributed by atoms with E-state index in [2.05, 4.69) is 44.4 Å². The molecule has 1 aliphatic carbocycles. The molecule has 2 fully saturated rings. The summed E-state index contributed by atoms with van der Waals surface area (Å²) in [6.07, 6.45) is 10.6. The van der Waals surface area contributed by atoms with Crippen LogP contribution in [0.15, 0.2) is 30.5 Å². The Morgan fingerprint density at radius 1 is 1.03 bits per heavy atom. The molecule has 0 spiro atoms. The second-order valence-electron chi connectivity index (χ2n) is 10.9. The Morgan fingerprint density at radius 3 is 2.44 bits per heavy atom. The van der Waals surface area contributed by atoms with E-state index in [-0.39, 0.29) is 5.91 Å². The number of rotatable bonds is 5. The molecule has 1 aromatic carbocycles. The quantitative estimate of drug-likeness (QED) is 0.678. The monoisotopic (exact) mass is 462 g/mol. The van der Waals surface area contributed by atoms with Crippen LogP contribution in [0.5, 0.6) is 0 Å². The molecule has 5 rings (SSSR count). The number of likely N-dealkylation sites (tertiary alicyclic amines) is 1. The first-order valence-electron chi connectivity index (χ1n) is 12.9. The summed E-state index contributed by atoms with van der Waals surface area (Å²) in [5.74, 6) is 1.56. The minimum absolute atomic E-state index is 0.114. The first kappa shape index (κ1) is 23.1. The van der Waals surface area contributed by atoms with E-state index in [0.29, 0.717) is 18.5 Å². The standard InChI is InChI=1S/C27H38N6O/c1-27(2)19-33(22-9-5-6-10-22)24-23(31(3)25(27)34)17-28-26(30-24)29-21-13-11-20(12-14-21)18-32-15-7-4-8-16-32/h11-14,17,22H,4-10,15-16,18-19H2,1-3H3,(H,28,29,30). The maximum absolute atomic E-state index is 13.2. The Bertz CT molecular complexity index is 1010. The van der Waals surface area contributed by atoms with Gasteiger partial charge in [0.1, 0.15) is 5.69 Å². The molecule has 3 aliphatic rings. The molecule has 0 unspecified atom stereocenters. The van der Waals surface area contributed by atoms with Gasteiger partial charge in [0.2, 0.25) is 11.9 Å². The van der Waals surface area contributed by atoms with E-state index in [9.17, 15) is 4.79 Å². The molecule has 2 aromatic rings. The van der Waals surface area contributed by atoms with Gasteiger partial charge in [-0.05, 0) is 70.3 Å². The highest BCUT2D eigenvalue weighted by atomic mass is 16.2. The Kier molecular flexibility index (Phi) is 6.47. The predicted octanol–water partition coefficient (Wildman–Crippen LogP) is 4.96. The SMILES string of the molecule is CN1C(=O)C(C)(C)CN(C2CCCC2)c2nc(Nc3ccc(CN4CCCCC4)cc3)ncc21. The highest BCUT2D eigenvalue weighted by molar-refractivity contribution is 6.00. The van der Waals surface area contributed by atoms with Gasteiger partial charge in [-0.3, -0.25) is 9.69 Å². The van der Waals surface area contributed by atoms with Crippen LogP contribution in [0.1, 0.15) is 64.4 Å². The van der Waals surface area contributed by atoms with Gasteiger partial charge in [-0.1, -0.05) is 31.4 Å². The van der Waals surface area contributed by atoms with E-state index in [1.165, 1.54) is 50.8 Å². The molecule has 2 aliphatic heterocycles. The molecule has 1 N–H and O–H groups in total. The first-order chi connectivity index (χ1) is 16.4. The summed E-state index contributed by atoms with van der Waals surface area (Å²) in [5.41, 5.74) is 2.64. The van der Waals surface area contributed by atoms with Gasteiger partial charge in [-0.2, -0.15) is 4.98 Å². The topological polar surface area (TPSA) is 64.6 Å². The Hall–Kier alpha value is -2.67. The first-order valence-corrected chi connectivity index (χ1v) is 12.9. The Balaban J connectivity index is 1.37. The van der Waals surface area contributed by atoms with Crippen molar-refractivity contribution in [3.8, 4) is 0 Å². The van der Waals surface area contributed by atoms with Crippen molar-refractivity contribution in [1.29, 1.82) is 0 Å². The summed E-state index contributed by atoms with van der Waals surface area (Å²) in [6.45, 7) is 8.18. The number of anilines is 4. The van der Waals surface area contributed by atoms with Crippen molar-refractivity contribution < 1.29 is 4.79 Å². The number of carbonyl (C=O) groups is 1. The van der Waals surface area contributed by atoms with E-state index in [0.717, 1.165) is 36.6 Å². The number of nitrogens with zero attached hydrogens (tertiary/aromatic N) is 5. The lowest BCUT2D eigenvalue weighted by molar-refractivity contribution is -0.125. The van der Waals surface area contributed by atoms with Crippen LogP contribution in [0.4, 0.5) is 23.1 Å². The van der Waals surface area contributed by atoms with Crippen LogP contribution >= 0.6 is 0 Å². The van der Waals surface area contributed by atoms with E-state index < -0.39 is 5.41 Å². The zero-order valence-corrected chi connectivity index (χ0v) is 20.9. The Labute approximate surface area is 203 Å². The lowest BCUT2D eigenvalue weighted by atomic mass is 9.91. The normalized spacial score (nSPS) is 21.4. The highest BCUT2D eigenvalue weighted by Gasteiger charge is 2.41. The smallest absolute Gasteiger partial charge is 0.234 e. The fourth-order valence-electron chi connectivity index (χ4n) is 5.72. The Morgan fingerprint density at radius 2 is 1.74 bits per heavy atom. The summed E-state index contributed by atoms with van der Waals surface area (Å²) < 4.78 is 0. The minimum atomic E-state index is -0.476. The van der Waals surface area contributed by atoms with E-state index in [1.807, 2.05) is 20.9 Å². The van der Waals surface area contributed by atoms with Crippen molar-refractivity contribution in [3.05, 3.63) is 36.0 Å². The van der Waals surface area contributed by atoms with Crippen molar-refractivity contribution >= 4 is 29.0 Å². The van der Waals surface area contributed by atoms with Crippen LogP contribution in [-0.4, -0.2) is 53.5 Å². The van der Waals surface area contributed by atoms with Gasteiger partial charge >= 0.3 is 0 Å². The van der Waals surface area contributed by atoms with Gasteiger partial charge in [0, 0.05) is 31.9 Å². The van der Waals surface area contributed by atoms with Crippen LogP contribution in [0, 0.1) is 5.41 Å². The molecule has 1 aromatic heterocycles. The zero-order chi connectivity index (χ0) is 23.7. The number of amides is 1. The molecular formula is C27H38N6O. The maximum Gasteiger partial charge on any atom is 0.234 e. The van der Waals surface area contributed by atoms with Crippen molar-refractivity contribution in [2.24, 2.45) is 5.41 Å². The number of nitrogens with one attached hydrogen (secondary N) is 1. The number of hydrogen-bond donors (Lipinski definition) is 1. The second kappa shape index (κ2) is 9.53. The summed E-state index contributed by atoms with van der Waals surface area (Å²) in [6, 6.07) is 9.04.